The van der Waals surface area contributed by atoms with E-state index in [0.717, 1.165) is 11.1 Å². The summed E-state index contributed by atoms with van der Waals surface area (Å²) in [5.74, 6) is -0.461. The molecule has 1 atom stereocenters. The Hall–Kier alpha value is -1.86. The van der Waals surface area contributed by atoms with Gasteiger partial charge in [-0.1, -0.05) is 11.6 Å². The zero-order chi connectivity index (χ0) is 15.6. The molecule has 21 heavy (non-hydrogen) atoms. The molecule has 0 spiro atoms. The first-order valence-electron chi connectivity index (χ1n) is 6.17. The van der Waals surface area contributed by atoms with Crippen molar-refractivity contribution in [1.29, 1.82) is 0 Å². The van der Waals surface area contributed by atoms with Gasteiger partial charge >= 0.3 is 6.03 Å². The van der Waals surface area contributed by atoms with E-state index in [9.17, 15) is 9.18 Å². The highest BCUT2D eigenvalue weighted by Crippen LogP contribution is 2.33. The van der Waals surface area contributed by atoms with Crippen LogP contribution in [-0.4, -0.2) is 44.1 Å². The van der Waals surface area contributed by atoms with E-state index < -0.39 is 11.8 Å². The summed E-state index contributed by atoms with van der Waals surface area (Å²) < 4.78 is 24.1. The molecule has 0 radical (unpaired) electrons. The standard InChI is InChI=1S/C13H15ClFN3O3/c1-8-6-16-18(13(19)17(8)2)11-5-12(21-7-20-3)9(14)4-10(11)15/h4-6,8H,7H2,1-3H3. The van der Waals surface area contributed by atoms with Crippen LogP contribution in [0.15, 0.2) is 17.2 Å². The summed E-state index contributed by atoms with van der Waals surface area (Å²) in [5, 5.41) is 5.02. The number of methoxy groups -OCH3 is 1. The Labute approximate surface area is 126 Å². The second kappa shape index (κ2) is 6.28. The highest BCUT2D eigenvalue weighted by molar-refractivity contribution is 6.32. The Balaban J connectivity index is 2.39. The Bertz CT molecular complexity index is 582. The molecule has 2 amide bonds. The molecule has 1 aliphatic rings. The number of urea groups is 1. The lowest BCUT2D eigenvalue weighted by atomic mass is 10.2. The number of amides is 2. The van der Waals surface area contributed by atoms with Gasteiger partial charge < -0.3 is 14.4 Å². The van der Waals surface area contributed by atoms with E-state index in [1.807, 2.05) is 6.92 Å². The molecule has 0 aliphatic carbocycles. The molecular formula is C13H15ClFN3O3. The third kappa shape index (κ3) is 3.08. The zero-order valence-corrected chi connectivity index (χ0v) is 12.6. The summed E-state index contributed by atoms with van der Waals surface area (Å²) >= 11 is 5.89. The number of anilines is 1. The highest BCUT2D eigenvalue weighted by Gasteiger charge is 2.29. The van der Waals surface area contributed by atoms with Crippen LogP contribution in [-0.2, 0) is 4.74 Å². The SMILES string of the molecule is COCOc1cc(N2N=CC(C)N(C)C2=O)c(F)cc1Cl. The van der Waals surface area contributed by atoms with Gasteiger partial charge in [-0.25, -0.2) is 9.18 Å². The fraction of sp³-hybridized carbons (Fsp3) is 0.385. The van der Waals surface area contributed by atoms with Crippen LogP contribution < -0.4 is 9.75 Å². The van der Waals surface area contributed by atoms with E-state index in [-0.39, 0.29) is 29.3 Å². The number of carbonyl (C=O) groups is 1. The molecule has 0 N–H and O–H groups in total. The lowest BCUT2D eigenvalue weighted by Gasteiger charge is -2.31. The monoisotopic (exact) mass is 315 g/mol. The van der Waals surface area contributed by atoms with Gasteiger partial charge in [0, 0.05) is 26.4 Å². The number of halogens is 2. The van der Waals surface area contributed by atoms with E-state index in [1.54, 1.807) is 13.3 Å². The quantitative estimate of drug-likeness (QED) is 0.803. The molecule has 6 nitrogen and oxygen atoms in total. The van der Waals surface area contributed by atoms with E-state index in [4.69, 9.17) is 21.1 Å². The maximum atomic E-state index is 14.1. The van der Waals surface area contributed by atoms with E-state index >= 15 is 0 Å². The molecule has 1 aromatic carbocycles. The molecule has 1 aromatic rings. The average molecular weight is 316 g/mol. The Morgan fingerprint density at radius 1 is 1.48 bits per heavy atom. The minimum absolute atomic E-state index is 0.0366. The average Bonchev–Trinajstić information content (AvgIpc) is 2.45. The number of rotatable bonds is 4. The summed E-state index contributed by atoms with van der Waals surface area (Å²) in [7, 11) is 3.06. The van der Waals surface area contributed by atoms with Crippen LogP contribution >= 0.6 is 11.6 Å². The normalized spacial score (nSPS) is 18.3. The summed E-state index contributed by atoms with van der Waals surface area (Å²) in [4.78, 5) is 13.6. The number of ether oxygens (including phenoxy) is 2. The Kier molecular flexibility index (Phi) is 4.64. The summed E-state index contributed by atoms with van der Waals surface area (Å²) in [6.45, 7) is 1.77. The largest absolute Gasteiger partial charge is 0.466 e. The molecule has 0 bridgehead atoms. The van der Waals surface area contributed by atoms with Crippen molar-refractivity contribution >= 4 is 29.5 Å². The van der Waals surface area contributed by atoms with Gasteiger partial charge in [0.2, 0.25) is 0 Å². The van der Waals surface area contributed by atoms with Gasteiger partial charge in [-0.3, -0.25) is 0 Å². The van der Waals surface area contributed by atoms with Gasteiger partial charge in [-0.05, 0) is 13.0 Å². The van der Waals surface area contributed by atoms with E-state index in [0.29, 0.717) is 0 Å². The van der Waals surface area contributed by atoms with Crippen LogP contribution in [0.4, 0.5) is 14.9 Å². The van der Waals surface area contributed by atoms with Crippen molar-refractivity contribution < 1.29 is 18.7 Å². The van der Waals surface area contributed by atoms with E-state index in [1.165, 1.54) is 18.1 Å². The lowest BCUT2D eigenvalue weighted by Crippen LogP contribution is -2.48. The van der Waals surface area contributed by atoms with Gasteiger partial charge in [0.1, 0.15) is 11.4 Å². The molecule has 1 unspecified atom stereocenters. The first kappa shape index (κ1) is 15.5. The number of nitrogens with zero attached hydrogens (tertiary/aromatic N) is 3. The minimum Gasteiger partial charge on any atom is -0.466 e. The molecule has 0 fully saturated rings. The summed E-state index contributed by atoms with van der Waals surface area (Å²) in [6.07, 6.45) is 1.55. The zero-order valence-electron chi connectivity index (χ0n) is 11.8. The van der Waals surface area contributed by atoms with Crippen molar-refractivity contribution in [3.05, 3.63) is 23.0 Å². The summed E-state index contributed by atoms with van der Waals surface area (Å²) in [6, 6.07) is 1.79. The molecule has 114 valence electrons. The molecule has 8 heteroatoms. The van der Waals surface area contributed by atoms with Crippen molar-refractivity contribution in [2.24, 2.45) is 5.10 Å². The topological polar surface area (TPSA) is 54.4 Å². The van der Waals surface area contributed by atoms with Gasteiger partial charge in [0.05, 0.1) is 11.1 Å². The van der Waals surface area contributed by atoms with Crippen molar-refractivity contribution in [2.75, 3.05) is 26.0 Å². The predicted octanol–water partition coefficient (Wildman–Crippen LogP) is 2.71. The second-order valence-electron chi connectivity index (χ2n) is 4.50. The van der Waals surface area contributed by atoms with Crippen LogP contribution in [0.1, 0.15) is 6.92 Å². The van der Waals surface area contributed by atoms with Crippen molar-refractivity contribution in [3.8, 4) is 5.75 Å². The number of hydrazone groups is 1. The molecule has 1 aliphatic heterocycles. The second-order valence-corrected chi connectivity index (χ2v) is 4.90. The van der Waals surface area contributed by atoms with Crippen LogP contribution in [0, 0.1) is 5.82 Å². The molecule has 0 aromatic heterocycles. The summed E-state index contributed by atoms with van der Waals surface area (Å²) in [5.41, 5.74) is -0.0366. The van der Waals surface area contributed by atoms with Crippen LogP contribution in [0.3, 0.4) is 0 Å². The van der Waals surface area contributed by atoms with Crippen molar-refractivity contribution in [3.63, 3.8) is 0 Å². The van der Waals surface area contributed by atoms with Gasteiger partial charge in [-0.2, -0.15) is 10.1 Å². The number of hydrogen-bond acceptors (Lipinski definition) is 4. The minimum atomic E-state index is -0.668. The molecule has 2 rings (SSSR count). The number of hydrogen-bond donors (Lipinski definition) is 0. The maximum absolute atomic E-state index is 14.1. The van der Waals surface area contributed by atoms with Crippen LogP contribution in [0.25, 0.3) is 0 Å². The first-order valence-corrected chi connectivity index (χ1v) is 6.55. The van der Waals surface area contributed by atoms with Crippen LogP contribution in [0.2, 0.25) is 5.02 Å². The van der Waals surface area contributed by atoms with Crippen molar-refractivity contribution in [2.45, 2.75) is 13.0 Å². The maximum Gasteiger partial charge on any atom is 0.345 e. The smallest absolute Gasteiger partial charge is 0.345 e. The fourth-order valence-electron chi connectivity index (χ4n) is 1.72. The predicted molar refractivity (Wildman–Crippen MR) is 77.5 cm³/mol. The highest BCUT2D eigenvalue weighted by atomic mass is 35.5. The Morgan fingerprint density at radius 3 is 2.86 bits per heavy atom. The van der Waals surface area contributed by atoms with Gasteiger partial charge in [-0.15, -0.1) is 0 Å². The van der Waals surface area contributed by atoms with Crippen LogP contribution in [0.5, 0.6) is 5.75 Å². The third-order valence-electron chi connectivity index (χ3n) is 3.05. The first-order chi connectivity index (χ1) is 9.95. The molecular weight excluding hydrogens is 301 g/mol. The molecule has 0 saturated carbocycles. The third-order valence-corrected chi connectivity index (χ3v) is 3.35. The molecule has 1 heterocycles. The fourth-order valence-corrected chi connectivity index (χ4v) is 1.92. The van der Waals surface area contributed by atoms with Gasteiger partial charge in [0.15, 0.2) is 12.6 Å². The lowest BCUT2D eigenvalue weighted by molar-refractivity contribution is 0.0512. The molecule has 0 saturated heterocycles. The van der Waals surface area contributed by atoms with E-state index in [2.05, 4.69) is 5.10 Å². The number of carbonyl (C=O) groups excluding carboxylic acids is 1. The van der Waals surface area contributed by atoms with Gasteiger partial charge in [0.25, 0.3) is 0 Å². The Morgan fingerprint density at radius 2 is 2.19 bits per heavy atom. The number of benzene rings is 1. The van der Waals surface area contributed by atoms with Crippen molar-refractivity contribution in [1.82, 2.24) is 4.90 Å².